The minimum Gasteiger partial charge on any atom is -0.381 e. The molecule has 1 aromatic carbocycles. The lowest BCUT2D eigenvalue weighted by Gasteiger charge is -2.41. The molecular weight excluding hydrogens is 380 g/mol. The zero-order valence-corrected chi connectivity index (χ0v) is 15.7. The average molecular weight is 404 g/mol. The number of nitrogens with one attached hydrogen (secondary N) is 2. The van der Waals surface area contributed by atoms with Gasteiger partial charge in [-0.15, -0.1) is 12.4 Å². The van der Waals surface area contributed by atoms with E-state index in [2.05, 4.69) is 38.7 Å². The fourth-order valence-electron chi connectivity index (χ4n) is 3.20. The number of carbonyl (C=O) groups excluding carboxylic acids is 1. The van der Waals surface area contributed by atoms with Gasteiger partial charge >= 0.3 is 0 Å². The summed E-state index contributed by atoms with van der Waals surface area (Å²) in [5.41, 5.74) is 0.882. The number of hydrogen-bond acceptors (Lipinski definition) is 3. The van der Waals surface area contributed by atoms with E-state index in [-0.39, 0.29) is 29.8 Å². The van der Waals surface area contributed by atoms with Crippen molar-refractivity contribution in [3.63, 3.8) is 0 Å². The van der Waals surface area contributed by atoms with Crippen LogP contribution in [-0.4, -0.2) is 32.2 Å². The Morgan fingerprint density at radius 3 is 2.43 bits per heavy atom. The molecule has 2 N–H and O–H groups in total. The highest BCUT2D eigenvalue weighted by Gasteiger charge is 2.38. The van der Waals surface area contributed by atoms with Crippen molar-refractivity contribution in [2.24, 2.45) is 11.8 Å². The molecule has 1 unspecified atom stereocenters. The van der Waals surface area contributed by atoms with Crippen LogP contribution >= 0.6 is 28.3 Å². The van der Waals surface area contributed by atoms with Crippen LogP contribution in [0.25, 0.3) is 0 Å². The number of rotatable bonds is 4. The van der Waals surface area contributed by atoms with Gasteiger partial charge in [0.25, 0.3) is 0 Å². The third-order valence-electron chi connectivity index (χ3n) is 5.04. The molecule has 2 aliphatic rings. The Morgan fingerprint density at radius 2 is 1.91 bits per heavy atom. The third kappa shape index (κ3) is 4.08. The summed E-state index contributed by atoms with van der Waals surface area (Å²) in [6.07, 6.45) is 1.66. The van der Waals surface area contributed by atoms with Gasteiger partial charge < -0.3 is 15.4 Å². The Morgan fingerprint density at radius 1 is 1.30 bits per heavy atom. The summed E-state index contributed by atoms with van der Waals surface area (Å²) in [6, 6.07) is 8.28. The van der Waals surface area contributed by atoms with E-state index >= 15 is 0 Å². The van der Waals surface area contributed by atoms with Crippen molar-refractivity contribution in [2.75, 3.05) is 26.3 Å². The van der Waals surface area contributed by atoms with Gasteiger partial charge in [0.1, 0.15) is 0 Å². The molecule has 6 heteroatoms. The van der Waals surface area contributed by atoms with Gasteiger partial charge in [0, 0.05) is 23.6 Å². The van der Waals surface area contributed by atoms with E-state index in [0.29, 0.717) is 19.1 Å². The molecule has 1 atom stereocenters. The minimum absolute atomic E-state index is 0. The number of benzene rings is 1. The number of amides is 1. The second-order valence-electron chi connectivity index (χ2n) is 6.40. The Bertz CT molecular complexity index is 528. The highest BCUT2D eigenvalue weighted by Crippen LogP contribution is 2.33. The van der Waals surface area contributed by atoms with Gasteiger partial charge in [-0.1, -0.05) is 35.0 Å². The number of halogens is 2. The molecule has 1 aromatic rings. The number of hydrogen-bond donors (Lipinski definition) is 2. The van der Waals surface area contributed by atoms with Crippen LogP contribution in [0.15, 0.2) is 28.7 Å². The SMILES string of the molecule is CC(C(=O)NC1(c2ccc(Br)cc2)CCOCC1)C1CNC1.Cl. The molecule has 1 amide bonds. The maximum atomic E-state index is 12.7. The van der Waals surface area contributed by atoms with Crippen molar-refractivity contribution >= 4 is 34.2 Å². The van der Waals surface area contributed by atoms with Crippen molar-refractivity contribution in [3.05, 3.63) is 34.3 Å². The summed E-state index contributed by atoms with van der Waals surface area (Å²) in [6.45, 7) is 5.31. The van der Waals surface area contributed by atoms with E-state index < -0.39 is 0 Å². The van der Waals surface area contributed by atoms with Crippen LogP contribution in [0, 0.1) is 11.8 Å². The molecule has 0 radical (unpaired) electrons. The first-order valence-electron chi connectivity index (χ1n) is 7.97. The fourth-order valence-corrected chi connectivity index (χ4v) is 3.47. The molecule has 0 spiro atoms. The molecule has 23 heavy (non-hydrogen) atoms. The van der Waals surface area contributed by atoms with Crippen LogP contribution in [0.4, 0.5) is 0 Å². The molecule has 2 fully saturated rings. The second-order valence-corrected chi connectivity index (χ2v) is 7.31. The Labute approximate surface area is 152 Å². The maximum absolute atomic E-state index is 12.7. The van der Waals surface area contributed by atoms with Gasteiger partial charge in [-0.3, -0.25) is 4.79 Å². The molecule has 2 heterocycles. The van der Waals surface area contributed by atoms with E-state index in [9.17, 15) is 4.79 Å². The summed E-state index contributed by atoms with van der Waals surface area (Å²) in [4.78, 5) is 12.7. The molecule has 0 bridgehead atoms. The average Bonchev–Trinajstić information content (AvgIpc) is 2.47. The normalized spacial score (nSPS) is 21.7. The largest absolute Gasteiger partial charge is 0.381 e. The van der Waals surface area contributed by atoms with E-state index in [1.54, 1.807) is 0 Å². The minimum atomic E-state index is -0.290. The van der Waals surface area contributed by atoms with Crippen LogP contribution in [0.5, 0.6) is 0 Å². The molecule has 3 rings (SSSR count). The van der Waals surface area contributed by atoms with Crippen LogP contribution < -0.4 is 10.6 Å². The zero-order valence-electron chi connectivity index (χ0n) is 13.3. The van der Waals surface area contributed by atoms with Gasteiger partial charge in [0.15, 0.2) is 0 Å². The quantitative estimate of drug-likeness (QED) is 0.813. The van der Waals surface area contributed by atoms with E-state index in [1.807, 2.05) is 19.1 Å². The van der Waals surface area contributed by atoms with Crippen molar-refractivity contribution < 1.29 is 9.53 Å². The van der Waals surface area contributed by atoms with Crippen molar-refractivity contribution in [3.8, 4) is 0 Å². The van der Waals surface area contributed by atoms with Crippen LogP contribution in [0.1, 0.15) is 25.3 Å². The molecule has 2 saturated heterocycles. The Kier molecular flexibility index (Phi) is 6.48. The Hall–Kier alpha value is -0.620. The van der Waals surface area contributed by atoms with Crippen LogP contribution in [0.3, 0.4) is 0 Å². The lowest BCUT2D eigenvalue weighted by Crippen LogP contribution is -2.55. The first-order chi connectivity index (χ1) is 10.6. The van der Waals surface area contributed by atoms with Gasteiger partial charge in [-0.2, -0.15) is 0 Å². The Balaban J connectivity index is 0.00000192. The molecule has 0 aliphatic carbocycles. The predicted octanol–water partition coefficient (Wildman–Crippen LogP) is 2.85. The van der Waals surface area contributed by atoms with Gasteiger partial charge in [0.05, 0.1) is 5.54 Å². The monoisotopic (exact) mass is 402 g/mol. The topological polar surface area (TPSA) is 50.4 Å². The lowest BCUT2D eigenvalue weighted by atomic mass is 9.81. The van der Waals surface area contributed by atoms with Gasteiger partial charge in [-0.25, -0.2) is 0 Å². The van der Waals surface area contributed by atoms with Crippen LogP contribution in [0.2, 0.25) is 0 Å². The second kappa shape index (κ2) is 7.97. The van der Waals surface area contributed by atoms with Crippen molar-refractivity contribution in [2.45, 2.75) is 25.3 Å². The summed E-state index contributed by atoms with van der Waals surface area (Å²) < 4.78 is 6.58. The smallest absolute Gasteiger partial charge is 0.223 e. The third-order valence-corrected chi connectivity index (χ3v) is 5.57. The number of ether oxygens (including phenoxy) is 1. The summed E-state index contributed by atoms with van der Waals surface area (Å²) in [5, 5.41) is 6.60. The summed E-state index contributed by atoms with van der Waals surface area (Å²) >= 11 is 3.48. The first-order valence-corrected chi connectivity index (χ1v) is 8.76. The molecule has 0 saturated carbocycles. The first kappa shape index (κ1) is 18.7. The summed E-state index contributed by atoms with van der Waals surface area (Å²) in [7, 11) is 0. The van der Waals surface area contributed by atoms with Crippen molar-refractivity contribution in [1.82, 2.24) is 10.6 Å². The van der Waals surface area contributed by atoms with E-state index in [0.717, 1.165) is 30.4 Å². The predicted molar refractivity (Wildman–Crippen MR) is 96.8 cm³/mol. The fraction of sp³-hybridized carbons (Fsp3) is 0.588. The molecule has 128 valence electrons. The van der Waals surface area contributed by atoms with E-state index in [4.69, 9.17) is 4.74 Å². The van der Waals surface area contributed by atoms with Crippen molar-refractivity contribution in [1.29, 1.82) is 0 Å². The van der Waals surface area contributed by atoms with Gasteiger partial charge in [-0.05, 0) is 49.5 Å². The highest BCUT2D eigenvalue weighted by atomic mass is 79.9. The molecule has 0 aromatic heterocycles. The van der Waals surface area contributed by atoms with Crippen LogP contribution in [-0.2, 0) is 15.1 Å². The maximum Gasteiger partial charge on any atom is 0.223 e. The molecular formula is C17H24BrClN2O2. The highest BCUT2D eigenvalue weighted by molar-refractivity contribution is 9.10. The summed E-state index contributed by atoms with van der Waals surface area (Å²) in [5.74, 6) is 0.676. The number of carbonyl (C=O) groups is 1. The van der Waals surface area contributed by atoms with E-state index in [1.165, 1.54) is 5.56 Å². The lowest BCUT2D eigenvalue weighted by molar-refractivity contribution is -0.130. The molecule has 4 nitrogen and oxygen atoms in total. The zero-order chi connectivity index (χ0) is 15.6. The molecule has 2 aliphatic heterocycles. The van der Waals surface area contributed by atoms with Gasteiger partial charge in [0.2, 0.25) is 5.91 Å². The standard InChI is InChI=1S/C17H23BrN2O2.ClH/c1-12(13-10-19-11-13)16(21)20-17(6-8-22-9-7-17)14-2-4-15(18)5-3-14;/h2-5,12-13,19H,6-11H2,1H3,(H,20,21);1H.